The number of hydrogen-bond acceptors (Lipinski definition) is 3. The quantitative estimate of drug-likeness (QED) is 0.483. The topological polar surface area (TPSA) is 55.6 Å². The van der Waals surface area contributed by atoms with E-state index in [1.54, 1.807) is 17.0 Å². The standard InChI is InChI=1S/C19H32N2O2/c1-4-7-8-9-10-11-14-23-18-13-12-16(15-17(18)20)19(22)21(5-2)6-3/h12-13,15H,4-11,14,20H2,1-3H3. The SMILES string of the molecule is CCCCCCCCOc1ccc(C(=O)N(CC)CC)cc1N. The molecule has 1 aromatic rings. The smallest absolute Gasteiger partial charge is 0.253 e. The number of anilines is 1. The van der Waals surface area contributed by atoms with Crippen LogP contribution in [0, 0.1) is 0 Å². The summed E-state index contributed by atoms with van der Waals surface area (Å²) >= 11 is 0. The van der Waals surface area contributed by atoms with Crippen LogP contribution in [0.5, 0.6) is 5.75 Å². The van der Waals surface area contributed by atoms with Gasteiger partial charge in [0.15, 0.2) is 0 Å². The molecule has 0 spiro atoms. The van der Waals surface area contributed by atoms with Gasteiger partial charge < -0.3 is 15.4 Å². The zero-order valence-electron chi connectivity index (χ0n) is 14.9. The molecule has 1 aromatic carbocycles. The molecule has 0 aliphatic rings. The summed E-state index contributed by atoms with van der Waals surface area (Å²) in [5.74, 6) is 0.693. The lowest BCUT2D eigenvalue weighted by Gasteiger charge is -2.19. The van der Waals surface area contributed by atoms with Crippen LogP contribution in [0.15, 0.2) is 18.2 Å². The van der Waals surface area contributed by atoms with Crippen molar-refractivity contribution in [2.75, 3.05) is 25.4 Å². The van der Waals surface area contributed by atoms with Crippen LogP contribution in [0.3, 0.4) is 0 Å². The summed E-state index contributed by atoms with van der Waals surface area (Å²) in [6, 6.07) is 5.33. The number of nitrogens with two attached hydrogens (primary N) is 1. The van der Waals surface area contributed by atoms with Crippen LogP contribution in [-0.2, 0) is 0 Å². The van der Waals surface area contributed by atoms with Crippen LogP contribution in [0.4, 0.5) is 5.69 Å². The first-order valence-corrected chi connectivity index (χ1v) is 8.95. The summed E-state index contributed by atoms with van der Waals surface area (Å²) < 4.78 is 5.74. The van der Waals surface area contributed by atoms with Gasteiger partial charge >= 0.3 is 0 Å². The Kier molecular flexibility index (Phi) is 9.18. The third kappa shape index (κ3) is 6.51. The predicted octanol–water partition coefficient (Wildman–Crippen LogP) is 4.49. The van der Waals surface area contributed by atoms with Gasteiger partial charge in [-0.25, -0.2) is 0 Å². The Labute approximate surface area is 141 Å². The monoisotopic (exact) mass is 320 g/mol. The minimum Gasteiger partial charge on any atom is -0.491 e. The Hall–Kier alpha value is -1.71. The van der Waals surface area contributed by atoms with Crippen molar-refractivity contribution in [3.63, 3.8) is 0 Å². The Bertz CT molecular complexity index is 470. The van der Waals surface area contributed by atoms with Gasteiger partial charge in [-0.05, 0) is 38.5 Å². The van der Waals surface area contributed by atoms with E-state index in [0.29, 0.717) is 36.7 Å². The molecule has 0 radical (unpaired) electrons. The summed E-state index contributed by atoms with van der Waals surface area (Å²) in [5, 5.41) is 0. The van der Waals surface area contributed by atoms with Crippen molar-refractivity contribution in [1.82, 2.24) is 4.90 Å². The lowest BCUT2D eigenvalue weighted by atomic mass is 10.1. The molecule has 0 aliphatic heterocycles. The maximum atomic E-state index is 12.3. The zero-order chi connectivity index (χ0) is 17.1. The Morgan fingerprint density at radius 2 is 1.70 bits per heavy atom. The lowest BCUT2D eigenvalue weighted by Crippen LogP contribution is -2.30. The molecule has 0 atom stereocenters. The fourth-order valence-corrected chi connectivity index (χ4v) is 2.57. The molecule has 4 nitrogen and oxygen atoms in total. The number of rotatable bonds is 11. The summed E-state index contributed by atoms with van der Waals surface area (Å²) in [5.41, 5.74) is 7.19. The van der Waals surface area contributed by atoms with E-state index >= 15 is 0 Å². The average Bonchev–Trinajstić information content (AvgIpc) is 2.56. The Morgan fingerprint density at radius 1 is 1.04 bits per heavy atom. The molecule has 0 fully saturated rings. The molecule has 0 saturated heterocycles. The molecular formula is C19H32N2O2. The third-order valence-electron chi connectivity index (χ3n) is 4.06. The largest absolute Gasteiger partial charge is 0.491 e. The molecule has 0 heterocycles. The highest BCUT2D eigenvalue weighted by Gasteiger charge is 2.13. The number of carbonyl (C=O) groups excluding carboxylic acids is 1. The van der Waals surface area contributed by atoms with Crippen molar-refractivity contribution in [2.24, 2.45) is 0 Å². The maximum Gasteiger partial charge on any atom is 0.253 e. The van der Waals surface area contributed by atoms with Gasteiger partial charge in [0, 0.05) is 18.7 Å². The lowest BCUT2D eigenvalue weighted by molar-refractivity contribution is 0.0773. The zero-order valence-corrected chi connectivity index (χ0v) is 14.9. The fraction of sp³-hybridized carbons (Fsp3) is 0.632. The van der Waals surface area contributed by atoms with Crippen molar-refractivity contribution in [2.45, 2.75) is 59.3 Å². The molecule has 130 valence electrons. The van der Waals surface area contributed by atoms with E-state index in [2.05, 4.69) is 6.92 Å². The molecule has 0 bridgehead atoms. The van der Waals surface area contributed by atoms with Gasteiger partial charge in [0.1, 0.15) is 5.75 Å². The number of amides is 1. The second-order valence-electron chi connectivity index (χ2n) is 5.85. The molecule has 4 heteroatoms. The third-order valence-corrected chi connectivity index (χ3v) is 4.06. The van der Waals surface area contributed by atoms with Crippen molar-refractivity contribution in [3.05, 3.63) is 23.8 Å². The van der Waals surface area contributed by atoms with Gasteiger partial charge in [0.05, 0.1) is 12.3 Å². The number of nitrogen functional groups attached to an aromatic ring is 1. The molecule has 0 aliphatic carbocycles. The number of benzene rings is 1. The number of nitrogens with zero attached hydrogens (tertiary/aromatic N) is 1. The summed E-state index contributed by atoms with van der Waals surface area (Å²) in [7, 11) is 0. The van der Waals surface area contributed by atoms with Crippen LogP contribution in [0.2, 0.25) is 0 Å². The van der Waals surface area contributed by atoms with E-state index in [1.165, 1.54) is 32.1 Å². The number of hydrogen-bond donors (Lipinski definition) is 1. The minimum absolute atomic E-state index is 0.0178. The van der Waals surface area contributed by atoms with E-state index in [0.717, 1.165) is 6.42 Å². The highest BCUT2D eigenvalue weighted by Crippen LogP contribution is 2.23. The predicted molar refractivity (Wildman–Crippen MR) is 97.0 cm³/mol. The number of unbranched alkanes of at least 4 members (excludes halogenated alkanes) is 5. The highest BCUT2D eigenvalue weighted by atomic mass is 16.5. The van der Waals surface area contributed by atoms with Gasteiger partial charge in [0.25, 0.3) is 5.91 Å². The molecule has 23 heavy (non-hydrogen) atoms. The van der Waals surface area contributed by atoms with E-state index in [1.807, 2.05) is 19.9 Å². The Morgan fingerprint density at radius 3 is 2.30 bits per heavy atom. The first-order valence-electron chi connectivity index (χ1n) is 8.95. The number of carbonyl (C=O) groups is 1. The van der Waals surface area contributed by atoms with E-state index in [-0.39, 0.29) is 5.91 Å². The first-order chi connectivity index (χ1) is 11.1. The van der Waals surface area contributed by atoms with Gasteiger partial charge in [-0.3, -0.25) is 4.79 Å². The molecular weight excluding hydrogens is 288 g/mol. The van der Waals surface area contributed by atoms with Crippen LogP contribution < -0.4 is 10.5 Å². The van der Waals surface area contributed by atoms with Crippen LogP contribution in [0.1, 0.15) is 69.7 Å². The van der Waals surface area contributed by atoms with Crippen molar-refractivity contribution in [1.29, 1.82) is 0 Å². The second-order valence-corrected chi connectivity index (χ2v) is 5.85. The van der Waals surface area contributed by atoms with Gasteiger partial charge in [-0.1, -0.05) is 39.0 Å². The summed E-state index contributed by atoms with van der Waals surface area (Å²) in [4.78, 5) is 14.1. The van der Waals surface area contributed by atoms with Crippen LogP contribution in [-0.4, -0.2) is 30.5 Å². The van der Waals surface area contributed by atoms with Gasteiger partial charge in [-0.15, -0.1) is 0 Å². The normalized spacial score (nSPS) is 10.6. The first kappa shape index (κ1) is 19.3. The minimum atomic E-state index is 0.0178. The molecule has 2 N–H and O–H groups in total. The van der Waals surface area contributed by atoms with Gasteiger partial charge in [-0.2, -0.15) is 0 Å². The average molecular weight is 320 g/mol. The van der Waals surface area contributed by atoms with Crippen molar-refractivity contribution in [3.8, 4) is 5.75 Å². The molecule has 0 aromatic heterocycles. The van der Waals surface area contributed by atoms with Crippen LogP contribution in [0.25, 0.3) is 0 Å². The Balaban J connectivity index is 2.45. The van der Waals surface area contributed by atoms with Crippen molar-refractivity contribution >= 4 is 11.6 Å². The van der Waals surface area contributed by atoms with E-state index in [9.17, 15) is 4.79 Å². The number of ether oxygens (including phenoxy) is 1. The molecule has 0 unspecified atom stereocenters. The highest BCUT2D eigenvalue weighted by molar-refractivity contribution is 5.95. The summed E-state index contributed by atoms with van der Waals surface area (Å²) in [6.45, 7) is 8.25. The molecule has 0 saturated carbocycles. The maximum absolute atomic E-state index is 12.3. The second kappa shape index (κ2) is 10.9. The van der Waals surface area contributed by atoms with E-state index < -0.39 is 0 Å². The van der Waals surface area contributed by atoms with Crippen LogP contribution >= 0.6 is 0 Å². The summed E-state index contributed by atoms with van der Waals surface area (Å²) in [6.07, 6.45) is 7.40. The molecule has 1 amide bonds. The van der Waals surface area contributed by atoms with E-state index in [4.69, 9.17) is 10.5 Å². The van der Waals surface area contributed by atoms with Crippen molar-refractivity contribution < 1.29 is 9.53 Å². The molecule has 1 rings (SSSR count). The van der Waals surface area contributed by atoms with Gasteiger partial charge in [0.2, 0.25) is 0 Å². The fourth-order valence-electron chi connectivity index (χ4n) is 2.57.